The van der Waals surface area contributed by atoms with E-state index in [1.54, 1.807) is 0 Å². The van der Waals surface area contributed by atoms with Crippen LogP contribution in [0.3, 0.4) is 0 Å². The van der Waals surface area contributed by atoms with Crippen LogP contribution in [-0.2, 0) is 36.2 Å². The molecule has 0 spiro atoms. The molecule has 0 N–H and O–H groups in total. The molecule has 0 aliphatic rings. The van der Waals surface area contributed by atoms with Gasteiger partial charge in [0.15, 0.2) is 0 Å². The van der Waals surface area contributed by atoms with Crippen molar-refractivity contribution in [2.24, 2.45) is 0 Å². The Morgan fingerprint density at radius 1 is 0.393 bits per heavy atom. The molecule has 8 radical (unpaired) electrons. The van der Waals surface area contributed by atoms with Crippen molar-refractivity contribution in [3.63, 3.8) is 0 Å². The van der Waals surface area contributed by atoms with Gasteiger partial charge in [-0.05, 0) is 0 Å². The fourth-order valence-electron chi connectivity index (χ4n) is 2.18. The van der Waals surface area contributed by atoms with Gasteiger partial charge in [0.2, 0.25) is 0 Å². The quantitative estimate of drug-likeness (QED) is 0.475. The first-order valence-corrected chi connectivity index (χ1v) is 11.0. The first-order valence-electron chi connectivity index (χ1n) is 7.22. The van der Waals surface area contributed by atoms with Gasteiger partial charge in [0.05, 0.1) is 0 Å². The van der Waals surface area contributed by atoms with Crippen LogP contribution in [0.2, 0.25) is 0 Å². The summed E-state index contributed by atoms with van der Waals surface area (Å²) in [5, 5.41) is 0. The van der Waals surface area contributed by atoms with Gasteiger partial charge in [0.25, 0.3) is 27.2 Å². The predicted octanol–water partition coefficient (Wildman–Crippen LogP) is 0.612. The molecule has 28 heavy (non-hydrogen) atoms. The van der Waals surface area contributed by atoms with Crippen molar-refractivity contribution >= 4 is 57.9 Å². The monoisotopic (exact) mass is 520 g/mol. The Morgan fingerprint density at radius 3 is 0.750 bits per heavy atom. The number of benzene rings is 3. The van der Waals surface area contributed by atoms with E-state index in [1.165, 1.54) is 10.5 Å². The van der Waals surface area contributed by atoms with Crippen molar-refractivity contribution in [1.29, 1.82) is 0 Å². The molecule has 0 aliphatic carbocycles. The molecule has 0 saturated carbocycles. The van der Waals surface area contributed by atoms with E-state index in [0.29, 0.717) is 0 Å². The molecule has 0 fully saturated rings. The minimum absolute atomic E-state index is 0. The minimum atomic E-state index is -1.83. The van der Waals surface area contributed by atoms with Crippen LogP contribution in [0, 0.1) is 0 Å². The summed E-state index contributed by atoms with van der Waals surface area (Å²) in [6, 6.07) is 32.9. The molecular formula is C22H15FeO4Sb. The van der Waals surface area contributed by atoms with Crippen molar-refractivity contribution in [3.8, 4) is 0 Å². The number of hydrogen-bond donors (Lipinski definition) is 0. The summed E-state index contributed by atoms with van der Waals surface area (Å²) in [5.41, 5.74) is 0. The maximum absolute atomic E-state index is 7.50. The van der Waals surface area contributed by atoms with Crippen LogP contribution in [0.4, 0.5) is 0 Å². The molecule has 3 aromatic rings. The van der Waals surface area contributed by atoms with Gasteiger partial charge in [-0.25, -0.2) is 0 Å². The van der Waals surface area contributed by atoms with Gasteiger partial charge in [0, 0.05) is 17.1 Å². The predicted molar refractivity (Wildman–Crippen MR) is 107 cm³/mol. The van der Waals surface area contributed by atoms with Crippen molar-refractivity contribution in [2.45, 2.75) is 0 Å². The summed E-state index contributed by atoms with van der Waals surface area (Å²) >= 11 is -1.83. The Bertz CT molecular complexity index is 598. The van der Waals surface area contributed by atoms with Crippen LogP contribution >= 0.6 is 0 Å². The molecular weight excluding hydrogens is 506 g/mol. The standard InChI is InChI=1S/3C6H5.4CO.Fe.Sb/c3*1-2-4-6-5-3-1;4*1-2;;/h3*1-5H;;;;;;. The van der Waals surface area contributed by atoms with Crippen molar-refractivity contribution in [1.82, 2.24) is 0 Å². The summed E-state index contributed by atoms with van der Waals surface area (Å²) in [7, 11) is 0. The molecule has 0 bridgehead atoms. The van der Waals surface area contributed by atoms with Crippen LogP contribution in [0.15, 0.2) is 91.0 Å². The van der Waals surface area contributed by atoms with E-state index in [-0.39, 0.29) is 17.1 Å². The zero-order valence-electron chi connectivity index (χ0n) is 14.6. The van der Waals surface area contributed by atoms with Crippen LogP contribution in [0.1, 0.15) is 0 Å². The van der Waals surface area contributed by atoms with Gasteiger partial charge in [-0.2, -0.15) is 0 Å². The summed E-state index contributed by atoms with van der Waals surface area (Å²) in [5.74, 6) is 0. The second kappa shape index (κ2) is 22.7. The average Bonchev–Trinajstić information content (AvgIpc) is 2.82. The molecule has 140 valence electrons. The second-order valence-corrected chi connectivity index (χ2v) is 10.7. The fourth-order valence-corrected chi connectivity index (χ4v) is 8.76. The van der Waals surface area contributed by atoms with E-state index in [1.807, 2.05) is 0 Å². The van der Waals surface area contributed by atoms with Gasteiger partial charge >= 0.3 is 122 Å². The Hall–Kier alpha value is -2.32. The molecule has 0 saturated heterocycles. The van der Waals surface area contributed by atoms with Crippen LogP contribution in [0.25, 0.3) is 0 Å². The maximum atomic E-state index is 7.50. The number of hydrogen-bond acceptors (Lipinski definition) is 4. The van der Waals surface area contributed by atoms with Crippen LogP contribution < -0.4 is 10.5 Å². The van der Waals surface area contributed by atoms with Crippen molar-refractivity contribution in [2.75, 3.05) is 0 Å². The number of carbonyl (C=O) groups excluding carboxylic acids is 4. The molecule has 3 aromatic carbocycles. The third-order valence-corrected chi connectivity index (χ3v) is 10.0. The zero-order valence-corrected chi connectivity index (χ0v) is 18.3. The summed E-state index contributed by atoms with van der Waals surface area (Å²) in [4.78, 5) is 30.0. The molecule has 0 amide bonds. The van der Waals surface area contributed by atoms with Crippen LogP contribution in [-0.4, -0.2) is 47.4 Å². The van der Waals surface area contributed by atoms with Gasteiger partial charge in [-0.3, -0.25) is 19.2 Å². The molecule has 0 atom stereocenters. The van der Waals surface area contributed by atoms with Crippen LogP contribution in [0.5, 0.6) is 0 Å². The fraction of sp³-hybridized carbons (Fsp3) is 0. The summed E-state index contributed by atoms with van der Waals surface area (Å²) in [6.45, 7) is 18.0. The zero-order chi connectivity index (χ0) is 20.9. The Morgan fingerprint density at radius 2 is 0.571 bits per heavy atom. The second-order valence-electron chi connectivity index (χ2n) is 4.34. The number of rotatable bonds is 3. The van der Waals surface area contributed by atoms with E-state index in [0.717, 1.165) is 0 Å². The Labute approximate surface area is 184 Å². The van der Waals surface area contributed by atoms with Gasteiger partial charge in [-0.15, -0.1) is 0 Å². The van der Waals surface area contributed by atoms with E-state index < -0.39 is 20.2 Å². The van der Waals surface area contributed by atoms with Crippen molar-refractivity contribution < 1.29 is 36.2 Å². The van der Waals surface area contributed by atoms with E-state index in [2.05, 4.69) is 118 Å². The molecule has 0 aliphatic heterocycles. The van der Waals surface area contributed by atoms with Gasteiger partial charge < -0.3 is 0 Å². The Balaban J connectivity index is -0.000000622. The summed E-state index contributed by atoms with van der Waals surface area (Å²) in [6.07, 6.45) is 0. The molecule has 3 rings (SSSR count). The normalized spacial score (nSPS) is 7.75. The van der Waals surface area contributed by atoms with Gasteiger partial charge in [-0.1, -0.05) is 0 Å². The molecule has 4 nitrogen and oxygen atoms in total. The van der Waals surface area contributed by atoms with Crippen molar-refractivity contribution in [3.05, 3.63) is 91.0 Å². The SMILES string of the molecule is [C]=O.[C]=O.[C]=O.[C]=O.[Fe].c1cc[c]([Sb]([c]2ccccc2)[c]2ccccc2)cc1. The first kappa shape index (κ1) is 30.4. The topological polar surface area (TPSA) is 68.3 Å². The molecule has 6 heteroatoms. The third kappa shape index (κ3) is 10.7. The van der Waals surface area contributed by atoms with E-state index in [4.69, 9.17) is 19.2 Å². The summed E-state index contributed by atoms with van der Waals surface area (Å²) < 4.78 is 4.55. The molecule has 0 heterocycles. The third-order valence-electron chi connectivity index (χ3n) is 3.04. The molecule has 0 unspecified atom stereocenters. The van der Waals surface area contributed by atoms with E-state index in [9.17, 15) is 0 Å². The first-order chi connectivity index (χ1) is 13.4. The average molecular weight is 521 g/mol. The van der Waals surface area contributed by atoms with Gasteiger partial charge in [0.1, 0.15) is 0 Å². The Kier molecular flexibility index (Phi) is 24.7. The van der Waals surface area contributed by atoms with E-state index >= 15 is 0 Å². The molecule has 0 aromatic heterocycles.